The third-order valence-electron chi connectivity index (χ3n) is 7.01. The van der Waals surface area contributed by atoms with Gasteiger partial charge in [0, 0.05) is 13.0 Å². The van der Waals surface area contributed by atoms with E-state index in [0.29, 0.717) is 18.5 Å². The maximum absolute atomic E-state index is 12.6. The minimum Gasteiger partial charge on any atom is -0.451 e. The van der Waals surface area contributed by atoms with Crippen molar-refractivity contribution < 1.29 is 23.5 Å². The Labute approximate surface area is 220 Å². The van der Waals surface area contributed by atoms with Crippen LogP contribution in [0.15, 0.2) is 91.0 Å². The molecule has 0 saturated carbocycles. The van der Waals surface area contributed by atoms with Crippen LogP contribution in [0, 0.1) is 0 Å². The molecule has 5 nitrogen and oxygen atoms in total. The largest absolute Gasteiger partial charge is 0.451 e. The van der Waals surface area contributed by atoms with Gasteiger partial charge in [0.15, 0.2) is 12.4 Å². The zero-order valence-corrected chi connectivity index (χ0v) is 22.8. The van der Waals surface area contributed by atoms with Crippen molar-refractivity contribution in [3.8, 4) is 0 Å². The van der Waals surface area contributed by atoms with Crippen molar-refractivity contribution >= 4 is 30.9 Å². The lowest BCUT2D eigenvalue weighted by molar-refractivity contribution is -0.122. The minimum absolute atomic E-state index is 0.179. The number of hydrogen-bond donors (Lipinski definition) is 0. The topological polar surface area (TPSA) is 61.8 Å². The summed E-state index contributed by atoms with van der Waals surface area (Å²) in [5.41, 5.74) is 0.416. The van der Waals surface area contributed by atoms with Crippen molar-refractivity contribution in [3.05, 3.63) is 96.6 Å². The fourth-order valence-electron chi connectivity index (χ4n) is 5.23. The first kappa shape index (κ1) is 27.0. The molecule has 37 heavy (non-hydrogen) atoms. The van der Waals surface area contributed by atoms with Crippen LogP contribution in [0.5, 0.6) is 0 Å². The van der Waals surface area contributed by atoms with E-state index in [1.165, 1.54) is 10.4 Å². The second-order valence-corrected chi connectivity index (χ2v) is 14.8. The quantitative estimate of drug-likeness (QED) is 0.229. The molecular weight excluding hydrogens is 480 g/mol. The van der Waals surface area contributed by atoms with Gasteiger partial charge in [-0.1, -0.05) is 99.6 Å². The first-order valence-electron chi connectivity index (χ1n) is 13.0. The van der Waals surface area contributed by atoms with Crippen LogP contribution in [0.4, 0.5) is 0 Å². The van der Waals surface area contributed by atoms with Gasteiger partial charge >= 0.3 is 5.97 Å². The first-order valence-corrected chi connectivity index (χ1v) is 14.9. The van der Waals surface area contributed by atoms with E-state index in [-0.39, 0.29) is 23.7 Å². The summed E-state index contributed by atoms with van der Waals surface area (Å²) in [6, 6.07) is 29.7. The molecule has 1 saturated heterocycles. The molecule has 4 rings (SSSR count). The molecule has 1 aliphatic heterocycles. The number of hydrogen-bond acceptors (Lipinski definition) is 5. The van der Waals surface area contributed by atoms with Crippen LogP contribution < -0.4 is 10.4 Å². The molecule has 0 aromatic heterocycles. The molecule has 0 amide bonds. The molecule has 0 unspecified atom stereocenters. The summed E-state index contributed by atoms with van der Waals surface area (Å²) in [5, 5.41) is 2.21. The predicted molar refractivity (Wildman–Crippen MR) is 148 cm³/mol. The summed E-state index contributed by atoms with van der Waals surface area (Å²) >= 11 is 0. The molecule has 0 bridgehead atoms. The molecule has 1 heterocycles. The molecular formula is C31H36O5Si. The highest BCUT2D eigenvalue weighted by Gasteiger charge is 2.52. The number of aldehydes is 1. The van der Waals surface area contributed by atoms with Crippen molar-refractivity contribution in [1.29, 1.82) is 0 Å². The van der Waals surface area contributed by atoms with Gasteiger partial charge in [0.25, 0.3) is 8.32 Å². The zero-order valence-electron chi connectivity index (χ0n) is 21.8. The number of rotatable bonds is 9. The van der Waals surface area contributed by atoms with E-state index >= 15 is 0 Å². The Bertz CT molecular complexity index is 1100. The average Bonchev–Trinajstić information content (AvgIpc) is 2.92. The molecule has 3 aromatic carbocycles. The van der Waals surface area contributed by atoms with Gasteiger partial charge in [-0.15, -0.1) is 0 Å². The highest BCUT2D eigenvalue weighted by Crippen LogP contribution is 2.39. The average molecular weight is 517 g/mol. The van der Waals surface area contributed by atoms with Crippen molar-refractivity contribution in [2.24, 2.45) is 0 Å². The normalized spacial score (nSPS) is 19.1. The number of carbonyl (C=O) groups is 2. The number of benzene rings is 3. The van der Waals surface area contributed by atoms with Crippen LogP contribution in [0.1, 0.15) is 50.4 Å². The Balaban J connectivity index is 1.64. The van der Waals surface area contributed by atoms with Crippen molar-refractivity contribution in [1.82, 2.24) is 0 Å². The van der Waals surface area contributed by atoms with E-state index in [0.717, 1.165) is 12.8 Å². The summed E-state index contributed by atoms with van der Waals surface area (Å²) in [6.45, 7) is 7.32. The van der Waals surface area contributed by atoms with Crippen LogP contribution in [0.25, 0.3) is 0 Å². The maximum atomic E-state index is 12.6. The van der Waals surface area contributed by atoms with E-state index < -0.39 is 20.4 Å². The Morgan fingerprint density at radius 3 is 2.00 bits per heavy atom. The minimum atomic E-state index is -2.80. The molecule has 0 N–H and O–H groups in total. The molecule has 0 aliphatic carbocycles. The Morgan fingerprint density at radius 1 is 0.946 bits per heavy atom. The van der Waals surface area contributed by atoms with Gasteiger partial charge in [-0.05, 0) is 40.4 Å². The molecule has 1 fully saturated rings. The van der Waals surface area contributed by atoms with E-state index in [1.807, 2.05) is 18.2 Å². The fraction of sp³-hybridized carbons (Fsp3) is 0.355. The van der Waals surface area contributed by atoms with Crippen LogP contribution in [0.2, 0.25) is 5.04 Å². The second kappa shape index (κ2) is 12.0. The van der Waals surface area contributed by atoms with Crippen molar-refractivity contribution in [3.63, 3.8) is 0 Å². The molecule has 0 radical (unpaired) electrons. The third-order valence-corrected chi connectivity index (χ3v) is 12.1. The lowest BCUT2D eigenvalue weighted by atomic mass is 10.0. The summed E-state index contributed by atoms with van der Waals surface area (Å²) in [7, 11) is -2.80. The molecule has 0 spiro atoms. The Hall–Kier alpha value is -3.06. The van der Waals surface area contributed by atoms with Crippen LogP contribution in [0.3, 0.4) is 0 Å². The Morgan fingerprint density at radius 2 is 1.49 bits per heavy atom. The van der Waals surface area contributed by atoms with Gasteiger partial charge in [-0.2, -0.15) is 0 Å². The van der Waals surface area contributed by atoms with Gasteiger partial charge in [0.05, 0.1) is 17.8 Å². The summed E-state index contributed by atoms with van der Waals surface area (Å²) in [6.07, 6.45) is 1.11. The molecule has 3 atom stereocenters. The summed E-state index contributed by atoms with van der Waals surface area (Å²) in [4.78, 5) is 24.6. The van der Waals surface area contributed by atoms with Crippen molar-refractivity contribution in [2.75, 3.05) is 6.61 Å². The number of ether oxygens (including phenoxy) is 2. The molecule has 3 aromatic rings. The second-order valence-electron chi connectivity index (χ2n) is 10.6. The number of carbonyl (C=O) groups excluding carboxylic acids is 2. The Kier molecular flexibility index (Phi) is 8.74. The van der Waals surface area contributed by atoms with E-state index in [9.17, 15) is 9.59 Å². The fourth-order valence-corrected chi connectivity index (χ4v) is 9.96. The van der Waals surface area contributed by atoms with Gasteiger partial charge in [-0.3, -0.25) is 4.79 Å². The standard InChI is InChI=1S/C31H36O5Si/c1-31(2,3)37(26-16-9-5-10-17-26,27-18-11-6-12-19-27)36-28-20-13-21-34-29(28)22-25(23-32)35-30(33)24-14-7-4-8-15-24/h4-12,14-19,23,25,28-29H,13,20-22H2,1-3H3/t25-,28-,29+/m1/s1. The summed E-state index contributed by atoms with van der Waals surface area (Å²) < 4.78 is 19.1. The monoisotopic (exact) mass is 516 g/mol. The highest BCUT2D eigenvalue weighted by molar-refractivity contribution is 6.99. The van der Waals surface area contributed by atoms with E-state index in [4.69, 9.17) is 13.9 Å². The van der Waals surface area contributed by atoms with Gasteiger partial charge in [0.2, 0.25) is 0 Å². The van der Waals surface area contributed by atoms with Gasteiger partial charge in [0.1, 0.15) is 0 Å². The van der Waals surface area contributed by atoms with Crippen LogP contribution >= 0.6 is 0 Å². The molecule has 6 heteroatoms. The maximum Gasteiger partial charge on any atom is 0.338 e. The smallest absolute Gasteiger partial charge is 0.338 e. The van der Waals surface area contributed by atoms with Crippen LogP contribution in [-0.4, -0.2) is 45.5 Å². The predicted octanol–water partition coefficient (Wildman–Crippen LogP) is 4.93. The first-order chi connectivity index (χ1) is 17.8. The van der Waals surface area contributed by atoms with Gasteiger partial charge < -0.3 is 13.9 Å². The van der Waals surface area contributed by atoms with E-state index in [2.05, 4.69) is 69.3 Å². The molecule has 194 valence electrons. The highest BCUT2D eigenvalue weighted by atomic mass is 28.4. The lowest BCUT2D eigenvalue weighted by Gasteiger charge is -2.47. The number of esters is 1. The van der Waals surface area contributed by atoms with Crippen LogP contribution in [-0.2, 0) is 18.7 Å². The van der Waals surface area contributed by atoms with Crippen molar-refractivity contribution in [2.45, 2.75) is 63.4 Å². The van der Waals surface area contributed by atoms with Gasteiger partial charge in [-0.25, -0.2) is 4.79 Å². The molecule has 1 aliphatic rings. The third kappa shape index (κ3) is 6.09. The summed E-state index contributed by atoms with van der Waals surface area (Å²) in [5.74, 6) is -0.516. The SMILES string of the molecule is CC(C)(C)[Si](O[C@@H]1CCCO[C@H]1C[C@H](C=O)OC(=O)c1ccccc1)(c1ccccc1)c1ccccc1. The zero-order chi connectivity index (χ0) is 26.3. The lowest BCUT2D eigenvalue weighted by Crippen LogP contribution is -2.68. The van der Waals surface area contributed by atoms with E-state index in [1.54, 1.807) is 24.3 Å².